The van der Waals surface area contributed by atoms with Gasteiger partial charge in [0, 0.05) is 31.7 Å². The van der Waals surface area contributed by atoms with Crippen molar-refractivity contribution in [3.8, 4) is 0 Å². The molecule has 2 rings (SSSR count). The fourth-order valence-electron chi connectivity index (χ4n) is 2.93. The highest BCUT2D eigenvalue weighted by atomic mass is 16.2. The first-order valence-electron chi connectivity index (χ1n) is 8.87. The van der Waals surface area contributed by atoms with Crippen molar-refractivity contribution in [3.05, 3.63) is 52.3 Å². The van der Waals surface area contributed by atoms with Gasteiger partial charge in [0.1, 0.15) is 0 Å². The molecule has 5 heteroatoms. The van der Waals surface area contributed by atoms with Crippen LogP contribution >= 0.6 is 0 Å². The summed E-state index contributed by atoms with van der Waals surface area (Å²) in [5, 5.41) is 4.67. The summed E-state index contributed by atoms with van der Waals surface area (Å²) in [6.45, 7) is 9.39. The van der Waals surface area contributed by atoms with Crippen molar-refractivity contribution < 1.29 is 4.79 Å². The third-order valence-corrected chi connectivity index (χ3v) is 4.97. The first-order chi connectivity index (χ1) is 11.8. The maximum atomic E-state index is 12.3. The van der Waals surface area contributed by atoms with Gasteiger partial charge < -0.3 is 10.6 Å². The molecule has 136 valence electrons. The quantitative estimate of drug-likeness (QED) is 0.841. The Morgan fingerprint density at radius 3 is 2.48 bits per heavy atom. The number of hydrogen-bond acceptors (Lipinski definition) is 3. The van der Waals surface area contributed by atoms with Crippen LogP contribution in [0.2, 0.25) is 0 Å². The Balaban J connectivity index is 2.06. The van der Waals surface area contributed by atoms with Gasteiger partial charge in [-0.3, -0.25) is 9.48 Å². The predicted octanol–water partition coefficient (Wildman–Crippen LogP) is 2.59. The highest BCUT2D eigenvalue weighted by Gasteiger charge is 2.17. The summed E-state index contributed by atoms with van der Waals surface area (Å²) in [5.74, 6) is 0.128. The van der Waals surface area contributed by atoms with E-state index >= 15 is 0 Å². The molecule has 1 atom stereocenters. The minimum absolute atomic E-state index is 0.0685. The van der Waals surface area contributed by atoms with E-state index in [1.54, 1.807) is 4.90 Å². The van der Waals surface area contributed by atoms with Crippen LogP contribution in [0, 0.1) is 20.8 Å². The number of aryl methyl sites for hydroxylation is 2. The van der Waals surface area contributed by atoms with Crippen LogP contribution in [-0.4, -0.2) is 40.2 Å². The normalized spacial score (nSPS) is 12.2. The zero-order chi connectivity index (χ0) is 18.6. The number of nitrogens with two attached hydrogens (primary N) is 1. The molecule has 0 saturated heterocycles. The van der Waals surface area contributed by atoms with Crippen LogP contribution in [0.3, 0.4) is 0 Å². The van der Waals surface area contributed by atoms with E-state index in [9.17, 15) is 4.79 Å². The lowest BCUT2D eigenvalue weighted by Crippen LogP contribution is -2.39. The second-order valence-electron chi connectivity index (χ2n) is 6.88. The maximum Gasteiger partial charge on any atom is 0.222 e. The van der Waals surface area contributed by atoms with E-state index in [0.717, 1.165) is 17.9 Å². The second-order valence-corrected chi connectivity index (χ2v) is 6.88. The first-order valence-corrected chi connectivity index (χ1v) is 8.87. The molecule has 0 bridgehead atoms. The summed E-state index contributed by atoms with van der Waals surface area (Å²) in [4.78, 5) is 14.0. The highest BCUT2D eigenvalue weighted by molar-refractivity contribution is 5.76. The average Bonchev–Trinajstić information content (AvgIpc) is 2.86. The van der Waals surface area contributed by atoms with E-state index in [1.807, 2.05) is 25.6 Å². The number of benzene rings is 1. The third-order valence-electron chi connectivity index (χ3n) is 4.97. The third kappa shape index (κ3) is 4.69. The molecule has 1 unspecified atom stereocenters. The van der Waals surface area contributed by atoms with Crippen molar-refractivity contribution in [2.75, 3.05) is 13.6 Å². The molecular weight excluding hydrogens is 312 g/mol. The Morgan fingerprint density at radius 2 is 1.88 bits per heavy atom. The minimum atomic E-state index is 0.0685. The predicted molar refractivity (Wildman–Crippen MR) is 102 cm³/mol. The summed E-state index contributed by atoms with van der Waals surface area (Å²) in [6, 6.07) is 8.58. The van der Waals surface area contributed by atoms with Gasteiger partial charge >= 0.3 is 0 Å². The van der Waals surface area contributed by atoms with Gasteiger partial charge in [-0.1, -0.05) is 29.8 Å². The molecule has 0 aliphatic rings. The number of rotatable bonds is 7. The van der Waals surface area contributed by atoms with Crippen LogP contribution in [0.25, 0.3) is 0 Å². The van der Waals surface area contributed by atoms with E-state index in [1.165, 1.54) is 16.7 Å². The molecule has 0 fully saturated rings. The Labute approximate surface area is 150 Å². The fraction of sp³-hybridized carbons (Fsp3) is 0.500. The van der Waals surface area contributed by atoms with Crippen LogP contribution in [0.1, 0.15) is 41.4 Å². The first kappa shape index (κ1) is 19.2. The summed E-state index contributed by atoms with van der Waals surface area (Å²) >= 11 is 0. The van der Waals surface area contributed by atoms with Crippen molar-refractivity contribution in [1.82, 2.24) is 14.7 Å². The Morgan fingerprint density at radius 1 is 1.24 bits per heavy atom. The monoisotopic (exact) mass is 342 g/mol. The number of amides is 1. The number of carbonyl (C=O) groups excluding carboxylic acids is 1. The largest absolute Gasteiger partial charge is 0.342 e. The van der Waals surface area contributed by atoms with Gasteiger partial charge in [0.05, 0.1) is 12.2 Å². The minimum Gasteiger partial charge on any atom is -0.342 e. The van der Waals surface area contributed by atoms with Crippen molar-refractivity contribution in [2.45, 2.75) is 53.1 Å². The topological polar surface area (TPSA) is 64.2 Å². The van der Waals surface area contributed by atoms with Gasteiger partial charge in [0.25, 0.3) is 0 Å². The molecule has 1 aromatic carbocycles. The van der Waals surface area contributed by atoms with Gasteiger partial charge in [-0.25, -0.2) is 0 Å². The van der Waals surface area contributed by atoms with Crippen LogP contribution < -0.4 is 5.73 Å². The van der Waals surface area contributed by atoms with Crippen LogP contribution in [0.5, 0.6) is 0 Å². The number of aromatic nitrogens is 2. The van der Waals surface area contributed by atoms with Gasteiger partial charge in [-0.05, 0) is 45.2 Å². The van der Waals surface area contributed by atoms with Crippen molar-refractivity contribution in [2.24, 2.45) is 5.73 Å². The van der Waals surface area contributed by atoms with E-state index in [0.29, 0.717) is 19.4 Å². The molecule has 2 N–H and O–H groups in total. The molecule has 0 radical (unpaired) electrons. The van der Waals surface area contributed by atoms with Gasteiger partial charge in [-0.2, -0.15) is 5.10 Å². The Bertz CT molecular complexity index is 718. The van der Waals surface area contributed by atoms with E-state index < -0.39 is 0 Å². The molecule has 1 aromatic heterocycles. The zero-order valence-corrected chi connectivity index (χ0v) is 16.0. The number of carbonyl (C=O) groups is 1. The van der Waals surface area contributed by atoms with Crippen molar-refractivity contribution in [1.29, 1.82) is 0 Å². The highest BCUT2D eigenvalue weighted by Crippen LogP contribution is 2.17. The Kier molecular flexibility index (Phi) is 6.37. The fourth-order valence-corrected chi connectivity index (χ4v) is 2.93. The lowest BCUT2D eigenvalue weighted by Gasteiger charge is -2.23. The van der Waals surface area contributed by atoms with Crippen molar-refractivity contribution in [3.63, 3.8) is 0 Å². The molecule has 1 amide bonds. The lowest BCUT2D eigenvalue weighted by molar-refractivity contribution is -0.131. The SMILES string of the molecule is Cc1ccc(Cn2nc(C)c(CCC(=O)N(C)C(C)CN)c2C)cc1. The Hall–Kier alpha value is -2.14. The molecule has 0 saturated carbocycles. The number of likely N-dealkylation sites (N-methyl/N-ethyl adjacent to an activating group) is 1. The molecule has 0 aliphatic heterocycles. The van der Waals surface area contributed by atoms with Gasteiger partial charge in [0.15, 0.2) is 0 Å². The van der Waals surface area contributed by atoms with Gasteiger partial charge in [0.2, 0.25) is 5.91 Å². The smallest absolute Gasteiger partial charge is 0.222 e. The maximum absolute atomic E-state index is 12.3. The molecule has 1 heterocycles. The van der Waals surface area contributed by atoms with Crippen LogP contribution in [-0.2, 0) is 17.8 Å². The molecule has 2 aromatic rings. The molecule has 0 aliphatic carbocycles. The molecule has 5 nitrogen and oxygen atoms in total. The zero-order valence-electron chi connectivity index (χ0n) is 16.0. The summed E-state index contributed by atoms with van der Waals surface area (Å²) in [6.07, 6.45) is 1.20. The number of nitrogens with zero attached hydrogens (tertiary/aromatic N) is 3. The summed E-state index contributed by atoms with van der Waals surface area (Å²) < 4.78 is 2.03. The number of hydrogen-bond donors (Lipinski definition) is 1. The van der Waals surface area contributed by atoms with E-state index in [-0.39, 0.29) is 11.9 Å². The van der Waals surface area contributed by atoms with Crippen LogP contribution in [0.15, 0.2) is 24.3 Å². The average molecular weight is 342 g/mol. The van der Waals surface area contributed by atoms with Gasteiger partial charge in [-0.15, -0.1) is 0 Å². The second kappa shape index (κ2) is 8.30. The van der Waals surface area contributed by atoms with E-state index in [4.69, 9.17) is 5.73 Å². The molecule has 0 spiro atoms. The lowest BCUT2D eigenvalue weighted by atomic mass is 10.1. The standard InChI is InChI=1S/C20H30N4O/c1-14-6-8-18(9-7-14)13-24-17(4)19(16(3)22-24)10-11-20(25)23(5)15(2)12-21/h6-9,15H,10-13,21H2,1-5H3. The van der Waals surface area contributed by atoms with Crippen LogP contribution in [0.4, 0.5) is 0 Å². The molecular formula is C20H30N4O. The van der Waals surface area contributed by atoms with Crippen molar-refractivity contribution >= 4 is 5.91 Å². The molecule has 25 heavy (non-hydrogen) atoms. The van der Waals surface area contributed by atoms with E-state index in [2.05, 4.69) is 43.2 Å². The summed E-state index contributed by atoms with van der Waals surface area (Å²) in [5.41, 5.74) is 11.5. The summed E-state index contributed by atoms with van der Waals surface area (Å²) in [7, 11) is 1.82.